The first-order chi connectivity index (χ1) is 7.74. The molecule has 1 fully saturated rings. The molecule has 1 aliphatic rings. The van der Waals surface area contributed by atoms with E-state index in [0.29, 0.717) is 12.7 Å². The quantitative estimate of drug-likeness (QED) is 0.780. The maximum atomic E-state index is 12.9. The molecule has 1 aromatic rings. The van der Waals surface area contributed by atoms with E-state index in [9.17, 15) is 4.39 Å². The number of hydrogen-bond donors (Lipinski definition) is 0. The number of benzene rings is 1. The van der Waals surface area contributed by atoms with Gasteiger partial charge in [-0.1, -0.05) is 12.1 Å². The van der Waals surface area contributed by atoms with Crippen molar-refractivity contribution in [2.24, 2.45) is 0 Å². The highest BCUT2D eigenvalue weighted by atomic mass is 19.1. The average Bonchev–Trinajstić information content (AvgIpc) is 2.28. The van der Waals surface area contributed by atoms with Crippen molar-refractivity contribution in [1.82, 2.24) is 4.90 Å². The van der Waals surface area contributed by atoms with Crippen molar-refractivity contribution in [3.05, 3.63) is 35.6 Å². The van der Waals surface area contributed by atoms with Crippen molar-refractivity contribution in [3.8, 4) is 0 Å². The van der Waals surface area contributed by atoms with Gasteiger partial charge in [-0.2, -0.15) is 0 Å². The predicted molar refractivity (Wildman–Crippen MR) is 61.7 cm³/mol. The highest BCUT2D eigenvalue weighted by molar-refractivity contribution is 5.15. The topological polar surface area (TPSA) is 12.5 Å². The number of nitrogens with zero attached hydrogens (tertiary/aromatic N) is 1. The fourth-order valence-electron chi connectivity index (χ4n) is 1.99. The van der Waals surface area contributed by atoms with E-state index in [1.165, 1.54) is 12.1 Å². The fraction of sp³-hybridized carbons (Fsp3) is 0.538. The molecule has 0 amide bonds. The average molecular weight is 223 g/mol. The Morgan fingerprint density at radius 1 is 1.38 bits per heavy atom. The Morgan fingerprint density at radius 3 is 2.81 bits per heavy atom. The van der Waals surface area contributed by atoms with Crippen molar-refractivity contribution >= 4 is 0 Å². The monoisotopic (exact) mass is 223 g/mol. The summed E-state index contributed by atoms with van der Waals surface area (Å²) in [5, 5.41) is 0. The summed E-state index contributed by atoms with van der Waals surface area (Å²) in [6, 6.07) is 6.62. The third-order valence-corrected chi connectivity index (χ3v) is 3.04. The Hall–Kier alpha value is -0.930. The number of ether oxygens (including phenoxy) is 1. The van der Waals surface area contributed by atoms with Gasteiger partial charge in [0.1, 0.15) is 5.82 Å². The van der Waals surface area contributed by atoms with Crippen LogP contribution in [0.2, 0.25) is 0 Å². The summed E-state index contributed by atoms with van der Waals surface area (Å²) in [6.45, 7) is 2.70. The number of halogens is 1. The van der Waals surface area contributed by atoms with Crippen molar-refractivity contribution in [1.29, 1.82) is 0 Å². The Bertz CT molecular complexity index is 334. The second kappa shape index (κ2) is 5.41. The molecular weight excluding hydrogens is 205 g/mol. The van der Waals surface area contributed by atoms with Gasteiger partial charge in [0.2, 0.25) is 0 Å². The van der Waals surface area contributed by atoms with E-state index in [0.717, 1.165) is 31.5 Å². The van der Waals surface area contributed by atoms with Gasteiger partial charge in [0.25, 0.3) is 0 Å². The summed E-state index contributed by atoms with van der Waals surface area (Å²) in [6.07, 6.45) is 2.48. The van der Waals surface area contributed by atoms with Gasteiger partial charge in [-0.15, -0.1) is 0 Å². The van der Waals surface area contributed by atoms with Crippen LogP contribution in [0.3, 0.4) is 0 Å². The number of likely N-dealkylation sites (tertiary alicyclic amines) is 1. The smallest absolute Gasteiger partial charge is 0.123 e. The summed E-state index contributed by atoms with van der Waals surface area (Å²) >= 11 is 0. The maximum Gasteiger partial charge on any atom is 0.123 e. The molecule has 0 radical (unpaired) electrons. The lowest BCUT2D eigenvalue weighted by Gasteiger charge is -2.28. The van der Waals surface area contributed by atoms with Crippen LogP contribution in [0.25, 0.3) is 0 Å². The first-order valence-corrected chi connectivity index (χ1v) is 5.78. The van der Waals surface area contributed by atoms with E-state index < -0.39 is 0 Å². The Labute approximate surface area is 96.0 Å². The molecule has 0 N–H and O–H groups in total. The summed E-state index contributed by atoms with van der Waals surface area (Å²) in [7, 11) is 2.13. The minimum absolute atomic E-state index is 0.190. The van der Waals surface area contributed by atoms with Crippen molar-refractivity contribution in [3.63, 3.8) is 0 Å². The van der Waals surface area contributed by atoms with Crippen LogP contribution in [-0.2, 0) is 11.3 Å². The van der Waals surface area contributed by atoms with Crippen LogP contribution in [0.1, 0.15) is 18.4 Å². The molecule has 0 bridgehead atoms. The largest absolute Gasteiger partial charge is 0.373 e. The lowest BCUT2D eigenvalue weighted by Crippen LogP contribution is -2.34. The van der Waals surface area contributed by atoms with Gasteiger partial charge in [-0.25, -0.2) is 4.39 Å². The zero-order valence-electron chi connectivity index (χ0n) is 9.66. The zero-order chi connectivity index (χ0) is 11.4. The van der Waals surface area contributed by atoms with Gasteiger partial charge in [0.15, 0.2) is 0 Å². The van der Waals surface area contributed by atoms with E-state index in [2.05, 4.69) is 11.9 Å². The maximum absolute atomic E-state index is 12.9. The van der Waals surface area contributed by atoms with Crippen molar-refractivity contribution in [2.75, 3.05) is 20.1 Å². The molecule has 2 nitrogen and oxygen atoms in total. The van der Waals surface area contributed by atoms with Crippen molar-refractivity contribution < 1.29 is 9.13 Å². The predicted octanol–water partition coefficient (Wildman–Crippen LogP) is 2.44. The molecule has 88 valence electrons. The molecule has 1 saturated heterocycles. The van der Waals surface area contributed by atoms with Crippen LogP contribution < -0.4 is 0 Å². The third-order valence-electron chi connectivity index (χ3n) is 3.04. The second-order valence-electron chi connectivity index (χ2n) is 4.44. The van der Waals surface area contributed by atoms with Crippen LogP contribution >= 0.6 is 0 Å². The minimum atomic E-state index is -0.190. The molecule has 16 heavy (non-hydrogen) atoms. The molecule has 1 aliphatic heterocycles. The molecule has 0 aliphatic carbocycles. The van der Waals surface area contributed by atoms with Crippen LogP contribution in [0.4, 0.5) is 4.39 Å². The van der Waals surface area contributed by atoms with Crippen LogP contribution in [0.5, 0.6) is 0 Å². The molecule has 3 heteroatoms. The molecule has 0 unspecified atom stereocenters. The first kappa shape index (κ1) is 11.6. The SMILES string of the molecule is CN1CCC(OCc2cccc(F)c2)CC1. The van der Waals surface area contributed by atoms with Crippen molar-refractivity contribution in [2.45, 2.75) is 25.6 Å². The molecular formula is C13H18FNO. The van der Waals surface area contributed by atoms with Gasteiger partial charge in [-0.05, 0) is 37.6 Å². The zero-order valence-corrected chi connectivity index (χ0v) is 9.66. The third kappa shape index (κ3) is 3.29. The van der Waals surface area contributed by atoms with Gasteiger partial charge in [0.05, 0.1) is 12.7 Å². The lowest BCUT2D eigenvalue weighted by atomic mass is 10.1. The van der Waals surface area contributed by atoms with Gasteiger partial charge < -0.3 is 9.64 Å². The van der Waals surface area contributed by atoms with Crippen LogP contribution in [0, 0.1) is 5.82 Å². The van der Waals surface area contributed by atoms with Gasteiger partial charge >= 0.3 is 0 Å². The minimum Gasteiger partial charge on any atom is -0.373 e. The highest BCUT2D eigenvalue weighted by Gasteiger charge is 2.16. The van der Waals surface area contributed by atoms with E-state index in [1.807, 2.05) is 6.07 Å². The molecule has 2 rings (SSSR count). The Kier molecular flexibility index (Phi) is 3.91. The normalized spacial score (nSPS) is 18.9. The van der Waals surface area contributed by atoms with E-state index in [1.54, 1.807) is 6.07 Å². The highest BCUT2D eigenvalue weighted by Crippen LogP contribution is 2.14. The number of rotatable bonds is 3. The number of hydrogen-bond acceptors (Lipinski definition) is 2. The van der Waals surface area contributed by atoms with E-state index in [-0.39, 0.29) is 5.82 Å². The van der Waals surface area contributed by atoms with Crippen LogP contribution in [-0.4, -0.2) is 31.1 Å². The molecule has 0 spiro atoms. The molecule has 0 saturated carbocycles. The Balaban J connectivity index is 1.79. The van der Waals surface area contributed by atoms with Gasteiger partial charge in [-0.3, -0.25) is 0 Å². The summed E-state index contributed by atoms with van der Waals surface area (Å²) < 4.78 is 18.7. The molecule has 1 heterocycles. The van der Waals surface area contributed by atoms with Gasteiger partial charge in [0, 0.05) is 13.1 Å². The summed E-state index contributed by atoms with van der Waals surface area (Å²) in [5.41, 5.74) is 0.916. The molecule has 1 aromatic carbocycles. The molecule has 0 atom stereocenters. The van der Waals surface area contributed by atoms with E-state index >= 15 is 0 Å². The summed E-state index contributed by atoms with van der Waals surface area (Å²) in [5.74, 6) is -0.190. The van der Waals surface area contributed by atoms with Crippen LogP contribution in [0.15, 0.2) is 24.3 Å². The number of piperidine rings is 1. The molecule has 0 aromatic heterocycles. The Morgan fingerprint density at radius 2 is 2.12 bits per heavy atom. The second-order valence-corrected chi connectivity index (χ2v) is 4.44. The lowest BCUT2D eigenvalue weighted by molar-refractivity contribution is 0.00205. The summed E-state index contributed by atoms with van der Waals surface area (Å²) in [4.78, 5) is 2.31. The van der Waals surface area contributed by atoms with E-state index in [4.69, 9.17) is 4.74 Å². The first-order valence-electron chi connectivity index (χ1n) is 5.78. The standard InChI is InChI=1S/C13H18FNO/c1-15-7-5-13(6-8-15)16-10-11-3-2-4-12(14)9-11/h2-4,9,13H,5-8,10H2,1H3. The fourth-order valence-corrected chi connectivity index (χ4v) is 1.99.